The van der Waals surface area contributed by atoms with Crippen LogP contribution in [-0.4, -0.2) is 19.3 Å². The summed E-state index contributed by atoms with van der Waals surface area (Å²) in [7, 11) is 0. The van der Waals surface area contributed by atoms with Crippen LogP contribution < -0.4 is 5.32 Å². The van der Waals surface area contributed by atoms with Gasteiger partial charge in [0.05, 0.1) is 0 Å². The van der Waals surface area contributed by atoms with Gasteiger partial charge in [-0.25, -0.2) is 0 Å². The Morgan fingerprint density at radius 1 is 1.22 bits per heavy atom. The van der Waals surface area contributed by atoms with Gasteiger partial charge in [-0.05, 0) is 68.3 Å². The minimum absolute atomic E-state index is 0.714. The summed E-state index contributed by atoms with van der Waals surface area (Å²) in [5.41, 5.74) is 2.93. The Kier molecular flexibility index (Phi) is 5.40. The average Bonchev–Trinajstić information content (AvgIpc) is 2.45. The van der Waals surface area contributed by atoms with Crippen LogP contribution in [-0.2, 0) is 6.42 Å². The van der Waals surface area contributed by atoms with Gasteiger partial charge in [0.25, 0.3) is 0 Å². The van der Waals surface area contributed by atoms with E-state index in [0.717, 1.165) is 25.8 Å². The van der Waals surface area contributed by atoms with E-state index in [1.54, 1.807) is 0 Å². The SMILES string of the molecule is N=CCCCCc1ccc(C2CCCNC2)cc1. The molecule has 1 aliphatic heterocycles. The molecule has 1 atom stereocenters. The van der Waals surface area contributed by atoms with Crippen molar-refractivity contribution in [2.75, 3.05) is 13.1 Å². The monoisotopic (exact) mass is 244 g/mol. The number of aryl methyl sites for hydroxylation is 1. The second-order valence-electron chi connectivity index (χ2n) is 5.23. The molecule has 1 unspecified atom stereocenters. The van der Waals surface area contributed by atoms with Gasteiger partial charge in [-0.1, -0.05) is 24.3 Å². The molecule has 0 spiro atoms. The Hall–Kier alpha value is -1.15. The lowest BCUT2D eigenvalue weighted by Crippen LogP contribution is -2.28. The standard InChI is InChI=1S/C16H24N2/c17-11-3-1-2-5-14-7-9-15(10-8-14)16-6-4-12-18-13-16/h7-11,16-18H,1-6,12-13H2. The lowest BCUT2D eigenvalue weighted by Gasteiger charge is -2.23. The predicted molar refractivity (Wildman–Crippen MR) is 77.6 cm³/mol. The van der Waals surface area contributed by atoms with E-state index in [9.17, 15) is 0 Å². The fraction of sp³-hybridized carbons (Fsp3) is 0.562. The van der Waals surface area contributed by atoms with Crippen molar-refractivity contribution < 1.29 is 0 Å². The second kappa shape index (κ2) is 7.32. The molecule has 0 amide bonds. The minimum atomic E-state index is 0.714. The highest BCUT2D eigenvalue weighted by atomic mass is 14.9. The molecule has 2 nitrogen and oxygen atoms in total. The molecule has 1 saturated heterocycles. The molecule has 0 aliphatic carbocycles. The molecule has 18 heavy (non-hydrogen) atoms. The van der Waals surface area contributed by atoms with E-state index in [4.69, 9.17) is 5.41 Å². The van der Waals surface area contributed by atoms with Crippen LogP contribution in [0.15, 0.2) is 24.3 Å². The van der Waals surface area contributed by atoms with Crippen LogP contribution in [0.3, 0.4) is 0 Å². The van der Waals surface area contributed by atoms with Crippen molar-refractivity contribution in [1.82, 2.24) is 5.32 Å². The smallest absolute Gasteiger partial charge is 0.00201 e. The van der Waals surface area contributed by atoms with Gasteiger partial charge in [-0.15, -0.1) is 0 Å². The molecule has 1 aromatic rings. The summed E-state index contributed by atoms with van der Waals surface area (Å²) in [5, 5.41) is 10.5. The largest absolute Gasteiger partial charge is 0.316 e. The van der Waals surface area contributed by atoms with E-state index in [0.29, 0.717) is 5.92 Å². The van der Waals surface area contributed by atoms with Crippen LogP contribution in [0.25, 0.3) is 0 Å². The van der Waals surface area contributed by atoms with E-state index < -0.39 is 0 Å². The van der Waals surface area contributed by atoms with Crippen molar-refractivity contribution in [3.63, 3.8) is 0 Å². The molecule has 0 bridgehead atoms. The van der Waals surface area contributed by atoms with Crippen molar-refractivity contribution in [3.8, 4) is 0 Å². The highest BCUT2D eigenvalue weighted by molar-refractivity contribution is 5.52. The van der Waals surface area contributed by atoms with E-state index in [-0.39, 0.29) is 0 Å². The van der Waals surface area contributed by atoms with E-state index in [1.165, 1.54) is 43.1 Å². The number of benzene rings is 1. The number of nitrogens with one attached hydrogen (secondary N) is 2. The van der Waals surface area contributed by atoms with Crippen LogP contribution in [0.4, 0.5) is 0 Å². The summed E-state index contributed by atoms with van der Waals surface area (Å²) in [5.74, 6) is 0.714. The second-order valence-corrected chi connectivity index (χ2v) is 5.23. The zero-order chi connectivity index (χ0) is 12.6. The topological polar surface area (TPSA) is 35.9 Å². The molecule has 2 N–H and O–H groups in total. The number of hydrogen-bond acceptors (Lipinski definition) is 2. The van der Waals surface area contributed by atoms with Gasteiger partial charge in [-0.3, -0.25) is 0 Å². The van der Waals surface area contributed by atoms with Gasteiger partial charge in [-0.2, -0.15) is 0 Å². The summed E-state index contributed by atoms with van der Waals surface area (Å²) in [4.78, 5) is 0. The Morgan fingerprint density at radius 3 is 2.72 bits per heavy atom. The highest BCUT2D eigenvalue weighted by Crippen LogP contribution is 2.23. The Morgan fingerprint density at radius 2 is 2.06 bits per heavy atom. The summed E-state index contributed by atoms with van der Waals surface area (Å²) in [6, 6.07) is 9.19. The fourth-order valence-corrected chi connectivity index (χ4v) is 2.67. The van der Waals surface area contributed by atoms with Gasteiger partial charge in [0, 0.05) is 6.54 Å². The number of unbranched alkanes of at least 4 members (excludes halogenated alkanes) is 2. The van der Waals surface area contributed by atoms with Gasteiger partial charge < -0.3 is 10.7 Å². The maximum Gasteiger partial charge on any atom is 0.00201 e. The molecular formula is C16H24N2. The van der Waals surface area contributed by atoms with E-state index >= 15 is 0 Å². The van der Waals surface area contributed by atoms with E-state index in [1.807, 2.05) is 0 Å². The van der Waals surface area contributed by atoms with Gasteiger partial charge in [0.1, 0.15) is 0 Å². The van der Waals surface area contributed by atoms with Crippen LogP contribution >= 0.6 is 0 Å². The maximum absolute atomic E-state index is 7.00. The molecule has 0 saturated carbocycles. The predicted octanol–water partition coefficient (Wildman–Crippen LogP) is 3.52. The molecule has 1 aliphatic rings. The van der Waals surface area contributed by atoms with Crippen molar-refractivity contribution in [3.05, 3.63) is 35.4 Å². The first kappa shape index (κ1) is 13.3. The molecular weight excluding hydrogens is 220 g/mol. The van der Waals surface area contributed by atoms with Crippen LogP contribution in [0, 0.1) is 5.41 Å². The third-order valence-corrected chi connectivity index (χ3v) is 3.81. The van der Waals surface area contributed by atoms with Gasteiger partial charge in [0.15, 0.2) is 0 Å². The quantitative estimate of drug-likeness (QED) is 0.583. The normalized spacial score (nSPS) is 19.7. The molecule has 1 heterocycles. The lowest BCUT2D eigenvalue weighted by molar-refractivity contribution is 0.461. The summed E-state index contributed by atoms with van der Waals surface area (Å²) >= 11 is 0. The fourth-order valence-electron chi connectivity index (χ4n) is 2.67. The number of hydrogen-bond donors (Lipinski definition) is 2. The molecule has 98 valence electrons. The van der Waals surface area contributed by atoms with Crippen molar-refractivity contribution in [2.24, 2.45) is 0 Å². The third-order valence-electron chi connectivity index (χ3n) is 3.81. The zero-order valence-electron chi connectivity index (χ0n) is 11.1. The first-order valence-electron chi connectivity index (χ1n) is 7.18. The minimum Gasteiger partial charge on any atom is -0.316 e. The first-order chi connectivity index (χ1) is 8.90. The Labute approximate surface area is 110 Å². The summed E-state index contributed by atoms with van der Waals surface area (Å²) in [6.07, 6.45) is 8.54. The Bertz CT molecular complexity index is 350. The van der Waals surface area contributed by atoms with E-state index in [2.05, 4.69) is 29.6 Å². The molecule has 0 radical (unpaired) electrons. The summed E-state index contributed by atoms with van der Waals surface area (Å²) < 4.78 is 0. The number of piperidine rings is 1. The first-order valence-corrected chi connectivity index (χ1v) is 7.18. The van der Waals surface area contributed by atoms with Crippen LogP contribution in [0.2, 0.25) is 0 Å². The third kappa shape index (κ3) is 3.95. The molecule has 1 fully saturated rings. The highest BCUT2D eigenvalue weighted by Gasteiger charge is 2.14. The molecule has 0 aromatic heterocycles. The van der Waals surface area contributed by atoms with Crippen molar-refractivity contribution >= 4 is 6.21 Å². The zero-order valence-corrected chi connectivity index (χ0v) is 11.1. The van der Waals surface area contributed by atoms with Crippen LogP contribution in [0.5, 0.6) is 0 Å². The van der Waals surface area contributed by atoms with Gasteiger partial charge >= 0.3 is 0 Å². The van der Waals surface area contributed by atoms with Crippen LogP contribution in [0.1, 0.15) is 49.1 Å². The molecule has 1 aromatic carbocycles. The lowest BCUT2D eigenvalue weighted by atomic mass is 9.91. The number of rotatable bonds is 6. The summed E-state index contributed by atoms with van der Waals surface area (Å²) in [6.45, 7) is 2.32. The van der Waals surface area contributed by atoms with Crippen molar-refractivity contribution in [2.45, 2.75) is 44.4 Å². The van der Waals surface area contributed by atoms with Crippen molar-refractivity contribution in [1.29, 1.82) is 5.41 Å². The molecule has 2 rings (SSSR count). The molecule has 2 heteroatoms. The average molecular weight is 244 g/mol. The Balaban J connectivity index is 1.82. The van der Waals surface area contributed by atoms with Gasteiger partial charge in [0.2, 0.25) is 0 Å². The maximum atomic E-state index is 7.00.